The first-order chi connectivity index (χ1) is 11.6. The lowest BCUT2D eigenvalue weighted by atomic mass is 10.0. The van der Waals surface area contributed by atoms with Gasteiger partial charge in [0.2, 0.25) is 0 Å². The van der Waals surface area contributed by atoms with Gasteiger partial charge in [0.15, 0.2) is 5.96 Å². The number of aliphatic imine (C=N–C) groups is 1. The molecule has 0 bridgehead atoms. The fraction of sp³-hybridized carbons (Fsp3) is 0.421. The van der Waals surface area contributed by atoms with Crippen molar-refractivity contribution in [2.75, 3.05) is 27.7 Å². The van der Waals surface area contributed by atoms with Crippen LogP contribution in [0.5, 0.6) is 5.75 Å². The number of hydrogen-bond acceptors (Lipinski definition) is 2. The molecular weight excluding hydrogens is 300 g/mol. The highest BCUT2D eigenvalue weighted by Gasteiger charge is 2.13. The molecule has 0 radical (unpaired) electrons. The SMILES string of the molecule is CN=C(NCC(C)c1ccccc1OC)N(C)Cc1cccn1C. The monoisotopic (exact) mass is 328 g/mol. The van der Waals surface area contributed by atoms with Gasteiger partial charge in [-0.05, 0) is 23.8 Å². The first-order valence-electron chi connectivity index (χ1n) is 8.21. The quantitative estimate of drug-likeness (QED) is 0.655. The van der Waals surface area contributed by atoms with Gasteiger partial charge in [-0.15, -0.1) is 0 Å². The van der Waals surface area contributed by atoms with E-state index < -0.39 is 0 Å². The predicted molar refractivity (Wildman–Crippen MR) is 99.7 cm³/mol. The van der Waals surface area contributed by atoms with Gasteiger partial charge in [0.05, 0.1) is 13.7 Å². The van der Waals surface area contributed by atoms with E-state index in [9.17, 15) is 0 Å². The Hall–Kier alpha value is -2.43. The van der Waals surface area contributed by atoms with Crippen molar-refractivity contribution >= 4 is 5.96 Å². The molecule has 0 aliphatic carbocycles. The van der Waals surface area contributed by atoms with Crippen molar-refractivity contribution in [2.24, 2.45) is 12.0 Å². The van der Waals surface area contributed by atoms with E-state index in [0.29, 0.717) is 5.92 Å². The lowest BCUT2D eigenvalue weighted by molar-refractivity contribution is 0.405. The number of guanidine groups is 1. The summed E-state index contributed by atoms with van der Waals surface area (Å²) < 4.78 is 7.59. The Balaban J connectivity index is 1.97. The van der Waals surface area contributed by atoms with Crippen LogP contribution >= 0.6 is 0 Å². The minimum atomic E-state index is 0.321. The summed E-state index contributed by atoms with van der Waals surface area (Å²) >= 11 is 0. The van der Waals surface area contributed by atoms with E-state index in [-0.39, 0.29) is 0 Å². The van der Waals surface area contributed by atoms with Gasteiger partial charge in [0.25, 0.3) is 0 Å². The molecule has 2 rings (SSSR count). The van der Waals surface area contributed by atoms with Gasteiger partial charge >= 0.3 is 0 Å². The average molecular weight is 328 g/mol. The third kappa shape index (κ3) is 4.31. The minimum Gasteiger partial charge on any atom is -0.496 e. The number of nitrogens with one attached hydrogen (secondary N) is 1. The van der Waals surface area contributed by atoms with Crippen molar-refractivity contribution < 1.29 is 4.74 Å². The Labute approximate surface area is 145 Å². The average Bonchev–Trinajstić information content (AvgIpc) is 3.00. The zero-order valence-corrected chi connectivity index (χ0v) is 15.3. The molecule has 0 aliphatic rings. The molecule has 1 aromatic heterocycles. The van der Waals surface area contributed by atoms with Gasteiger partial charge in [0.1, 0.15) is 5.75 Å². The molecule has 1 N–H and O–H groups in total. The van der Waals surface area contributed by atoms with Crippen LogP contribution in [-0.2, 0) is 13.6 Å². The van der Waals surface area contributed by atoms with Gasteiger partial charge in [-0.3, -0.25) is 4.99 Å². The molecule has 24 heavy (non-hydrogen) atoms. The number of benzene rings is 1. The van der Waals surface area contributed by atoms with E-state index in [1.807, 2.05) is 25.2 Å². The fourth-order valence-electron chi connectivity index (χ4n) is 2.79. The van der Waals surface area contributed by atoms with Crippen molar-refractivity contribution in [3.8, 4) is 5.75 Å². The van der Waals surface area contributed by atoms with Crippen LogP contribution in [0.15, 0.2) is 47.6 Å². The van der Waals surface area contributed by atoms with E-state index in [1.54, 1.807) is 7.11 Å². The van der Waals surface area contributed by atoms with Crippen molar-refractivity contribution in [3.63, 3.8) is 0 Å². The highest BCUT2D eigenvalue weighted by Crippen LogP contribution is 2.25. The number of nitrogens with zero attached hydrogens (tertiary/aromatic N) is 3. The Morgan fingerprint density at radius 3 is 2.67 bits per heavy atom. The first kappa shape index (κ1) is 17.9. The van der Waals surface area contributed by atoms with Gasteiger partial charge in [-0.2, -0.15) is 0 Å². The molecule has 0 saturated heterocycles. The first-order valence-corrected chi connectivity index (χ1v) is 8.21. The summed E-state index contributed by atoms with van der Waals surface area (Å²) in [6.07, 6.45) is 2.06. The maximum Gasteiger partial charge on any atom is 0.193 e. The Morgan fingerprint density at radius 2 is 2.04 bits per heavy atom. The van der Waals surface area contributed by atoms with Crippen LogP contribution in [0.1, 0.15) is 24.1 Å². The molecule has 0 saturated carbocycles. The highest BCUT2D eigenvalue weighted by atomic mass is 16.5. The van der Waals surface area contributed by atoms with Crippen LogP contribution in [0.25, 0.3) is 0 Å². The standard InChI is InChI=1S/C19H28N4O/c1-15(17-10-6-7-11-18(17)24-5)13-21-19(20-2)23(4)14-16-9-8-12-22(16)3/h6-12,15H,13-14H2,1-5H3,(H,20,21). The normalized spacial score (nSPS) is 12.8. The van der Waals surface area contributed by atoms with Gasteiger partial charge in [-0.25, -0.2) is 0 Å². The molecule has 1 heterocycles. The van der Waals surface area contributed by atoms with Gasteiger partial charge in [0, 0.05) is 45.5 Å². The van der Waals surface area contributed by atoms with Gasteiger partial charge in [-0.1, -0.05) is 25.1 Å². The van der Waals surface area contributed by atoms with Crippen LogP contribution < -0.4 is 10.1 Å². The molecule has 5 nitrogen and oxygen atoms in total. The fourth-order valence-corrected chi connectivity index (χ4v) is 2.79. The summed E-state index contributed by atoms with van der Waals surface area (Å²) in [5.74, 6) is 2.14. The number of ether oxygens (including phenoxy) is 1. The predicted octanol–water partition coefficient (Wildman–Crippen LogP) is 2.84. The maximum absolute atomic E-state index is 5.46. The zero-order chi connectivity index (χ0) is 17.5. The summed E-state index contributed by atoms with van der Waals surface area (Å²) in [7, 11) is 7.64. The lowest BCUT2D eigenvalue weighted by Gasteiger charge is -2.24. The van der Waals surface area contributed by atoms with E-state index in [1.165, 1.54) is 11.3 Å². The Bertz CT molecular complexity index is 678. The van der Waals surface area contributed by atoms with Crippen molar-refractivity contribution in [2.45, 2.75) is 19.4 Å². The Kier molecular flexibility index (Phi) is 6.29. The molecule has 130 valence electrons. The van der Waals surface area contributed by atoms with Crippen LogP contribution in [-0.4, -0.2) is 43.2 Å². The van der Waals surface area contributed by atoms with E-state index >= 15 is 0 Å². The van der Waals surface area contributed by atoms with E-state index in [0.717, 1.165) is 24.8 Å². The molecule has 1 aromatic carbocycles. The van der Waals surface area contributed by atoms with Crippen LogP contribution in [0.2, 0.25) is 0 Å². The maximum atomic E-state index is 5.46. The molecule has 0 fully saturated rings. The van der Waals surface area contributed by atoms with Crippen LogP contribution in [0.4, 0.5) is 0 Å². The van der Waals surface area contributed by atoms with Crippen molar-refractivity contribution in [3.05, 3.63) is 53.9 Å². The van der Waals surface area contributed by atoms with Crippen molar-refractivity contribution in [1.82, 2.24) is 14.8 Å². The number of methoxy groups -OCH3 is 1. The third-order valence-electron chi connectivity index (χ3n) is 4.26. The number of rotatable bonds is 6. The van der Waals surface area contributed by atoms with Gasteiger partial charge < -0.3 is 19.5 Å². The second kappa shape index (κ2) is 8.43. The number of aromatic nitrogens is 1. The zero-order valence-electron chi connectivity index (χ0n) is 15.3. The minimum absolute atomic E-state index is 0.321. The van der Waals surface area contributed by atoms with Crippen LogP contribution in [0, 0.1) is 0 Å². The molecule has 5 heteroatoms. The largest absolute Gasteiger partial charge is 0.496 e. The Morgan fingerprint density at radius 1 is 1.29 bits per heavy atom. The summed E-state index contributed by atoms with van der Waals surface area (Å²) in [6.45, 7) is 3.80. The number of hydrogen-bond donors (Lipinski definition) is 1. The summed E-state index contributed by atoms with van der Waals surface area (Å²) in [5, 5.41) is 3.46. The highest BCUT2D eigenvalue weighted by molar-refractivity contribution is 5.79. The van der Waals surface area contributed by atoms with E-state index in [2.05, 4.69) is 65.2 Å². The summed E-state index contributed by atoms with van der Waals surface area (Å²) in [4.78, 5) is 6.53. The molecule has 0 amide bonds. The molecule has 1 atom stereocenters. The second-order valence-corrected chi connectivity index (χ2v) is 6.04. The second-order valence-electron chi connectivity index (χ2n) is 6.04. The van der Waals surface area contributed by atoms with Crippen molar-refractivity contribution in [1.29, 1.82) is 0 Å². The summed E-state index contributed by atoms with van der Waals surface area (Å²) in [5.41, 5.74) is 2.45. The molecular formula is C19H28N4O. The molecule has 0 spiro atoms. The lowest BCUT2D eigenvalue weighted by Crippen LogP contribution is -2.40. The smallest absolute Gasteiger partial charge is 0.193 e. The van der Waals surface area contributed by atoms with Crippen LogP contribution in [0.3, 0.4) is 0 Å². The molecule has 0 aliphatic heterocycles. The topological polar surface area (TPSA) is 41.8 Å². The molecule has 1 unspecified atom stereocenters. The summed E-state index contributed by atoms with van der Waals surface area (Å²) in [6, 6.07) is 12.3. The third-order valence-corrected chi connectivity index (χ3v) is 4.26. The molecule has 2 aromatic rings. The number of aryl methyl sites for hydroxylation is 1. The van der Waals surface area contributed by atoms with E-state index in [4.69, 9.17) is 4.74 Å². The number of para-hydroxylation sites is 1.